The third-order valence-corrected chi connectivity index (χ3v) is 0. The normalized spacial score (nSPS) is 9.67. The summed E-state index contributed by atoms with van der Waals surface area (Å²) in [6, 6.07) is 0. The molecule has 0 fully saturated rings. The van der Waals surface area contributed by atoms with Crippen molar-refractivity contribution in [1.29, 1.82) is 0 Å². The molecule has 0 saturated heterocycles. The summed E-state index contributed by atoms with van der Waals surface area (Å²) in [5.41, 5.74) is 0. The second-order valence-corrected chi connectivity index (χ2v) is 1.22. The van der Waals surface area contributed by atoms with Gasteiger partial charge in [0.2, 0.25) is 0 Å². The molecule has 0 N–H and O–H groups in total. The van der Waals surface area contributed by atoms with Crippen molar-refractivity contribution in [1.82, 2.24) is 0 Å². The Hall–Kier alpha value is 0.402. The van der Waals surface area contributed by atoms with Crippen LogP contribution in [-0.2, 0) is 27.8 Å². The summed E-state index contributed by atoms with van der Waals surface area (Å²) >= 11 is 0. The molecule has 0 radical (unpaired) electrons. The number of hydrogen-bond acceptors (Lipinski definition) is 4. The molecule has 0 rings (SSSR count). The predicted molar refractivity (Wildman–Crippen MR) is 11.6 cm³/mol. The molecule has 4 nitrogen and oxygen atoms in total. The van der Waals surface area contributed by atoms with Crippen molar-refractivity contribution >= 4 is 10.4 Å². The van der Waals surface area contributed by atoms with Crippen LogP contribution in [0.25, 0.3) is 0 Å². The Morgan fingerprint density at radius 3 is 1.33 bits per heavy atom. The van der Waals surface area contributed by atoms with Crippen LogP contribution in [0.5, 0.6) is 0 Å². The Balaban J connectivity index is -0.0000000800. The summed E-state index contributed by atoms with van der Waals surface area (Å²) in [6.07, 6.45) is 0. The fraction of sp³-hybridized carbons (Fsp3) is 0. The third kappa shape index (κ3) is 315. The number of rotatable bonds is 0. The van der Waals surface area contributed by atoms with Gasteiger partial charge < -0.3 is 9.11 Å². The van der Waals surface area contributed by atoms with Crippen LogP contribution in [0, 0.1) is 0 Å². The molecule has 0 spiro atoms. The van der Waals surface area contributed by atoms with E-state index in [1.807, 2.05) is 0 Å². The van der Waals surface area contributed by atoms with E-state index in [0.29, 0.717) is 0 Å². The molecule has 0 aliphatic rings. The van der Waals surface area contributed by atoms with Gasteiger partial charge in [0, 0.05) is 27.8 Å². The van der Waals surface area contributed by atoms with Gasteiger partial charge in [-0.05, 0) is 0 Å². The predicted octanol–water partition coefficient (Wildman–Crippen LogP) is -1.23. The zero-order valence-corrected chi connectivity index (χ0v) is 4.54. The maximum absolute atomic E-state index is 8.52. The first-order valence-corrected chi connectivity index (χ1v) is 2.00. The molecule has 0 aromatic heterocycles. The van der Waals surface area contributed by atoms with Crippen LogP contribution in [0.3, 0.4) is 0 Å². The van der Waals surface area contributed by atoms with Gasteiger partial charge in [0.05, 0.1) is 0 Å². The Morgan fingerprint density at radius 1 is 1.33 bits per heavy atom. The molecule has 0 amide bonds. The minimum atomic E-state index is -5.17. The Kier molecular flexibility index (Phi) is 4.10. The van der Waals surface area contributed by atoms with Gasteiger partial charge in [0.25, 0.3) is 0 Å². The molecule has 0 atom stereocenters. The van der Waals surface area contributed by atoms with Crippen molar-refractivity contribution in [2.24, 2.45) is 0 Å². The van der Waals surface area contributed by atoms with Crippen LogP contribution < -0.4 is 0 Å². The SMILES string of the molecule is O=S(=O)([O-])[O-].[Cr].[H+]. The summed E-state index contributed by atoms with van der Waals surface area (Å²) in [5.74, 6) is 0. The largest absolute Gasteiger partial charge is 1.00 e. The summed E-state index contributed by atoms with van der Waals surface area (Å²) in [6.45, 7) is 0. The van der Waals surface area contributed by atoms with E-state index in [1.54, 1.807) is 0 Å². The van der Waals surface area contributed by atoms with Crippen molar-refractivity contribution in [3.63, 3.8) is 0 Å². The van der Waals surface area contributed by atoms with Gasteiger partial charge in [0.15, 0.2) is 0 Å². The molecule has 0 heterocycles. The van der Waals surface area contributed by atoms with Crippen molar-refractivity contribution in [2.75, 3.05) is 0 Å². The molecule has 0 bridgehead atoms. The van der Waals surface area contributed by atoms with Crippen LogP contribution in [0.15, 0.2) is 0 Å². The number of hydrogen-bond donors (Lipinski definition) is 0. The monoisotopic (exact) mass is 149 g/mol. The van der Waals surface area contributed by atoms with E-state index in [0.717, 1.165) is 0 Å². The maximum atomic E-state index is 8.52. The molecular formula is HCrO4S-. The summed E-state index contributed by atoms with van der Waals surface area (Å²) in [4.78, 5) is 0. The van der Waals surface area contributed by atoms with Crippen LogP contribution in [0.2, 0.25) is 0 Å². The van der Waals surface area contributed by atoms with Gasteiger partial charge in [-0.1, -0.05) is 0 Å². The molecule has 6 heavy (non-hydrogen) atoms. The quantitative estimate of drug-likeness (QED) is 0.319. The van der Waals surface area contributed by atoms with Gasteiger partial charge in [-0.25, -0.2) is 0 Å². The van der Waals surface area contributed by atoms with Gasteiger partial charge in [-0.15, -0.1) is 0 Å². The fourth-order valence-electron chi connectivity index (χ4n) is 0. The molecule has 0 unspecified atom stereocenters. The summed E-state index contributed by atoms with van der Waals surface area (Å²) < 4.78 is 34.1. The smallest absolute Gasteiger partial charge is 0.759 e. The van der Waals surface area contributed by atoms with Crippen LogP contribution in [0.1, 0.15) is 1.43 Å². The zero-order valence-electron chi connectivity index (χ0n) is 3.45. The van der Waals surface area contributed by atoms with Crippen LogP contribution >= 0.6 is 0 Å². The molecule has 38 valence electrons. The van der Waals surface area contributed by atoms with E-state index in [4.69, 9.17) is 17.5 Å². The summed E-state index contributed by atoms with van der Waals surface area (Å²) in [5, 5.41) is 0. The minimum Gasteiger partial charge on any atom is -0.759 e. The molecule has 0 aliphatic heterocycles. The molecule has 0 saturated carbocycles. The molecular weight excluding hydrogens is 148 g/mol. The van der Waals surface area contributed by atoms with Crippen molar-refractivity contribution in [2.45, 2.75) is 0 Å². The minimum absolute atomic E-state index is 0. The first kappa shape index (κ1) is 9.64. The average molecular weight is 149 g/mol. The molecule has 6 heteroatoms. The Labute approximate surface area is 47.4 Å². The third-order valence-electron chi connectivity index (χ3n) is 0. The zero-order chi connectivity index (χ0) is 4.50. The van der Waals surface area contributed by atoms with E-state index in [1.165, 1.54) is 0 Å². The van der Waals surface area contributed by atoms with Crippen molar-refractivity contribution in [3.05, 3.63) is 0 Å². The molecule has 0 aromatic rings. The van der Waals surface area contributed by atoms with E-state index < -0.39 is 10.4 Å². The summed E-state index contributed by atoms with van der Waals surface area (Å²) in [7, 11) is -5.17. The Bertz CT molecular complexity index is 94.9. The first-order valence-electron chi connectivity index (χ1n) is 0.667. The Morgan fingerprint density at radius 2 is 1.33 bits per heavy atom. The van der Waals surface area contributed by atoms with E-state index in [2.05, 4.69) is 0 Å². The fourth-order valence-corrected chi connectivity index (χ4v) is 0. The van der Waals surface area contributed by atoms with E-state index in [9.17, 15) is 0 Å². The van der Waals surface area contributed by atoms with Crippen molar-refractivity contribution < 1.29 is 36.3 Å². The van der Waals surface area contributed by atoms with E-state index >= 15 is 0 Å². The average Bonchev–Trinajstić information content (AvgIpc) is 0.722. The van der Waals surface area contributed by atoms with Crippen LogP contribution in [0.4, 0.5) is 0 Å². The molecule has 0 aromatic carbocycles. The van der Waals surface area contributed by atoms with Crippen molar-refractivity contribution in [3.8, 4) is 0 Å². The standard InChI is InChI=1S/Cr.H2O4S/c;1-5(2,3)4/h;(H2,1,2,3,4)/p-1. The van der Waals surface area contributed by atoms with Gasteiger partial charge in [-0.2, -0.15) is 0 Å². The van der Waals surface area contributed by atoms with Crippen LogP contribution in [-0.4, -0.2) is 17.5 Å². The first-order chi connectivity index (χ1) is 2.00. The maximum Gasteiger partial charge on any atom is 1.00 e. The second kappa shape index (κ2) is 2.55. The topological polar surface area (TPSA) is 80.3 Å². The molecule has 0 aliphatic carbocycles. The van der Waals surface area contributed by atoms with E-state index in [-0.39, 0.29) is 18.8 Å². The second-order valence-electron chi connectivity index (χ2n) is 0.408. The van der Waals surface area contributed by atoms with Gasteiger partial charge in [0.1, 0.15) is 0 Å². The van der Waals surface area contributed by atoms with Gasteiger partial charge in [-0.3, -0.25) is 8.42 Å². The van der Waals surface area contributed by atoms with Gasteiger partial charge >= 0.3 is 1.43 Å².